The normalized spacial score (nSPS) is 20.8. The minimum atomic E-state index is -0.339. The molecule has 0 unspecified atom stereocenters. The van der Waals surface area contributed by atoms with Crippen LogP contribution in [0.1, 0.15) is 23.6 Å². The number of likely N-dealkylation sites (tertiary alicyclic amines) is 1. The van der Waals surface area contributed by atoms with Crippen LogP contribution in [-0.2, 0) is 20.1 Å². The molecule has 5 rings (SSSR count). The number of hydrogen-bond acceptors (Lipinski definition) is 4. The van der Waals surface area contributed by atoms with Crippen LogP contribution in [0.5, 0.6) is 5.75 Å². The smallest absolute Gasteiger partial charge is 0.261 e. The highest BCUT2D eigenvalue weighted by Crippen LogP contribution is 2.36. The van der Waals surface area contributed by atoms with Gasteiger partial charge in [-0.3, -0.25) is 9.69 Å². The first-order chi connectivity index (χ1) is 14.5. The van der Waals surface area contributed by atoms with Crippen LogP contribution < -0.4 is 10.3 Å². The number of aryl methyl sites for hydroxylation is 1. The van der Waals surface area contributed by atoms with E-state index in [2.05, 4.69) is 16.0 Å². The zero-order chi connectivity index (χ0) is 20.8. The van der Waals surface area contributed by atoms with Gasteiger partial charge in [-0.2, -0.15) is 0 Å². The Morgan fingerprint density at radius 1 is 1.20 bits per heavy atom. The van der Waals surface area contributed by atoms with Gasteiger partial charge in [0.1, 0.15) is 5.82 Å². The Morgan fingerprint density at radius 3 is 2.83 bits per heavy atom. The lowest BCUT2D eigenvalue weighted by Gasteiger charge is -2.43. The highest BCUT2D eigenvalue weighted by molar-refractivity contribution is 5.54. The third-order valence-electron chi connectivity index (χ3n) is 6.36. The molecule has 2 aliphatic heterocycles. The number of aromatic nitrogens is 3. The van der Waals surface area contributed by atoms with Crippen molar-refractivity contribution < 1.29 is 9.13 Å². The van der Waals surface area contributed by atoms with Gasteiger partial charge in [0.25, 0.3) is 5.56 Å². The van der Waals surface area contributed by atoms with Crippen molar-refractivity contribution in [3.63, 3.8) is 0 Å². The summed E-state index contributed by atoms with van der Waals surface area (Å²) < 4.78 is 22.7. The summed E-state index contributed by atoms with van der Waals surface area (Å²) in [6, 6.07) is 9.07. The maximum Gasteiger partial charge on any atom is 0.261 e. The lowest BCUT2D eigenvalue weighted by molar-refractivity contribution is 0.114. The van der Waals surface area contributed by atoms with Gasteiger partial charge in [0.15, 0.2) is 11.6 Å². The number of methoxy groups -OCH3 is 1. The molecule has 3 aromatic rings. The van der Waals surface area contributed by atoms with E-state index in [1.54, 1.807) is 12.3 Å². The second kappa shape index (κ2) is 7.40. The molecule has 0 saturated carbocycles. The van der Waals surface area contributed by atoms with Gasteiger partial charge in [-0.25, -0.2) is 9.37 Å². The van der Waals surface area contributed by atoms with Crippen LogP contribution in [0.15, 0.2) is 47.5 Å². The number of pyridine rings is 1. The Kier molecular flexibility index (Phi) is 4.70. The van der Waals surface area contributed by atoms with Gasteiger partial charge >= 0.3 is 0 Å². The molecule has 1 fully saturated rings. The second-order valence-electron chi connectivity index (χ2n) is 8.41. The van der Waals surface area contributed by atoms with Gasteiger partial charge in [0, 0.05) is 57.2 Å². The average Bonchev–Trinajstić information content (AvgIpc) is 3.16. The number of fused-ring (bicyclic) bond motifs is 4. The molecular weight excluding hydrogens is 383 g/mol. The molecular formula is C23H25FN4O2. The monoisotopic (exact) mass is 408 g/mol. The minimum absolute atomic E-state index is 0.0493. The molecule has 4 heterocycles. The zero-order valence-electron chi connectivity index (χ0n) is 17.2. The number of benzene rings is 1. The van der Waals surface area contributed by atoms with Gasteiger partial charge in [-0.1, -0.05) is 6.07 Å². The van der Waals surface area contributed by atoms with Gasteiger partial charge in [0.2, 0.25) is 0 Å². The van der Waals surface area contributed by atoms with E-state index in [0.29, 0.717) is 23.2 Å². The third kappa shape index (κ3) is 3.23. The molecule has 2 aromatic heterocycles. The van der Waals surface area contributed by atoms with E-state index in [0.717, 1.165) is 43.9 Å². The van der Waals surface area contributed by atoms with Crippen molar-refractivity contribution in [2.75, 3.05) is 20.2 Å². The van der Waals surface area contributed by atoms with Gasteiger partial charge in [0.05, 0.1) is 12.7 Å². The lowest BCUT2D eigenvalue weighted by atomic mass is 9.82. The van der Waals surface area contributed by atoms with Gasteiger partial charge in [-0.05, 0) is 42.2 Å². The zero-order valence-corrected chi connectivity index (χ0v) is 17.2. The molecule has 0 amide bonds. The maximum atomic E-state index is 13.7. The van der Waals surface area contributed by atoms with Crippen molar-refractivity contribution in [2.24, 2.45) is 13.0 Å². The first-order valence-electron chi connectivity index (χ1n) is 10.3. The van der Waals surface area contributed by atoms with Crippen molar-refractivity contribution in [3.8, 4) is 17.1 Å². The predicted molar refractivity (Wildman–Crippen MR) is 112 cm³/mol. The first kappa shape index (κ1) is 19.1. The van der Waals surface area contributed by atoms with Crippen LogP contribution in [0.3, 0.4) is 0 Å². The van der Waals surface area contributed by atoms with Gasteiger partial charge < -0.3 is 13.9 Å². The third-order valence-corrected chi connectivity index (χ3v) is 6.36. The van der Waals surface area contributed by atoms with Crippen LogP contribution in [0.4, 0.5) is 4.39 Å². The number of nitrogens with zero attached hydrogens (tertiary/aromatic N) is 4. The SMILES string of the molecule is COc1cc(CN2C[C@@H]3C[C@H](C2)c2ccc(-c4nccn4C)c(=O)n2C3)ccc1F. The van der Waals surface area contributed by atoms with Crippen LogP contribution in [0.2, 0.25) is 0 Å². The summed E-state index contributed by atoms with van der Waals surface area (Å²) in [5.41, 5.74) is 2.85. The summed E-state index contributed by atoms with van der Waals surface area (Å²) in [5.74, 6) is 1.39. The Balaban J connectivity index is 1.41. The maximum absolute atomic E-state index is 13.7. The summed E-state index contributed by atoms with van der Waals surface area (Å²) in [7, 11) is 3.39. The molecule has 30 heavy (non-hydrogen) atoms. The largest absolute Gasteiger partial charge is 0.494 e. The fourth-order valence-corrected chi connectivity index (χ4v) is 5.03. The number of piperidine rings is 1. The molecule has 0 aliphatic carbocycles. The highest BCUT2D eigenvalue weighted by atomic mass is 19.1. The molecule has 156 valence electrons. The van der Waals surface area contributed by atoms with E-state index in [9.17, 15) is 9.18 Å². The summed E-state index contributed by atoms with van der Waals surface area (Å²) in [4.78, 5) is 20.0. The summed E-state index contributed by atoms with van der Waals surface area (Å²) in [6.45, 7) is 3.29. The number of hydrogen-bond donors (Lipinski definition) is 0. The van der Waals surface area contributed by atoms with Crippen molar-refractivity contribution in [1.29, 1.82) is 0 Å². The fraction of sp³-hybridized carbons (Fsp3) is 0.391. The van der Waals surface area contributed by atoms with Gasteiger partial charge in [-0.15, -0.1) is 0 Å². The number of imidazole rings is 1. The van der Waals surface area contributed by atoms with Crippen LogP contribution in [0.25, 0.3) is 11.4 Å². The molecule has 2 atom stereocenters. The number of halogens is 1. The van der Waals surface area contributed by atoms with E-state index in [4.69, 9.17) is 4.74 Å². The fourth-order valence-electron chi connectivity index (χ4n) is 5.03. The van der Waals surface area contributed by atoms with Crippen LogP contribution >= 0.6 is 0 Å². The van der Waals surface area contributed by atoms with Crippen LogP contribution in [-0.4, -0.2) is 39.2 Å². The van der Waals surface area contributed by atoms with Crippen LogP contribution in [0, 0.1) is 11.7 Å². The number of rotatable bonds is 4. The van der Waals surface area contributed by atoms with E-state index in [1.807, 2.05) is 34.5 Å². The second-order valence-corrected chi connectivity index (χ2v) is 8.41. The lowest BCUT2D eigenvalue weighted by Crippen LogP contribution is -2.47. The molecule has 1 saturated heterocycles. The number of ether oxygens (including phenoxy) is 1. The Bertz CT molecular complexity index is 1150. The molecule has 1 aromatic carbocycles. The quantitative estimate of drug-likeness (QED) is 0.666. The standard InChI is InChI=1S/C23H25FN4O2/c1-26-8-7-25-22(26)18-4-6-20-17-9-16(13-28(20)23(18)29)12-27(14-17)11-15-3-5-19(24)21(10-15)30-2/h3-8,10,16-17H,9,11-14H2,1-2H3/t16-,17+/m0/s1. The molecule has 0 N–H and O–H groups in total. The van der Waals surface area contributed by atoms with E-state index >= 15 is 0 Å². The first-order valence-corrected chi connectivity index (χ1v) is 10.3. The Labute approximate surface area is 174 Å². The summed E-state index contributed by atoms with van der Waals surface area (Å²) in [6.07, 6.45) is 4.68. The van der Waals surface area contributed by atoms with Crippen molar-refractivity contribution >= 4 is 0 Å². The van der Waals surface area contributed by atoms with Crippen molar-refractivity contribution in [3.05, 3.63) is 70.2 Å². The average molecular weight is 408 g/mol. The molecule has 7 heteroatoms. The molecule has 0 spiro atoms. The molecule has 0 radical (unpaired) electrons. The molecule has 2 aliphatic rings. The minimum Gasteiger partial charge on any atom is -0.494 e. The van der Waals surface area contributed by atoms with Crippen molar-refractivity contribution in [2.45, 2.75) is 25.4 Å². The highest BCUT2D eigenvalue weighted by Gasteiger charge is 2.35. The Morgan fingerprint density at radius 2 is 2.07 bits per heavy atom. The topological polar surface area (TPSA) is 52.3 Å². The Hall–Kier alpha value is -2.93. The summed E-state index contributed by atoms with van der Waals surface area (Å²) >= 11 is 0. The van der Waals surface area contributed by atoms with E-state index in [-0.39, 0.29) is 17.1 Å². The van der Waals surface area contributed by atoms with E-state index in [1.165, 1.54) is 13.2 Å². The molecule has 2 bridgehead atoms. The molecule has 6 nitrogen and oxygen atoms in total. The summed E-state index contributed by atoms with van der Waals surface area (Å²) in [5, 5.41) is 0. The predicted octanol–water partition coefficient (Wildman–Crippen LogP) is 3.02. The van der Waals surface area contributed by atoms with E-state index < -0.39 is 0 Å². The van der Waals surface area contributed by atoms with Crippen molar-refractivity contribution in [1.82, 2.24) is 19.0 Å².